The van der Waals surface area contributed by atoms with Gasteiger partial charge >= 0.3 is 0 Å². The lowest BCUT2D eigenvalue weighted by molar-refractivity contribution is -0.00301. The summed E-state index contributed by atoms with van der Waals surface area (Å²) >= 11 is 0. The molecule has 0 bridgehead atoms. The third-order valence-corrected chi connectivity index (χ3v) is 4.57. The minimum atomic E-state index is -0.0330. The van der Waals surface area contributed by atoms with E-state index in [1.165, 1.54) is 0 Å². The van der Waals surface area contributed by atoms with Crippen LogP contribution in [0.2, 0.25) is 0 Å². The van der Waals surface area contributed by atoms with Gasteiger partial charge in [-0.2, -0.15) is 0 Å². The molecule has 3 aromatic heterocycles. The molecule has 1 N–H and O–H groups in total. The van der Waals surface area contributed by atoms with Crippen molar-refractivity contribution < 1.29 is 9.53 Å². The molecule has 2 atom stereocenters. The standard InChI is InChI=1S/C18H20N4O2/c1-21-12-19-10-16(21)17-9-14(5-7-24-17)20-18(23)13-8-15-4-2-3-6-22(15)11-13/h2-4,6,8,10-12,14,17H,5,7,9H2,1H3,(H,20,23)/t14-,17-/m1/s1. The van der Waals surface area contributed by atoms with Crippen LogP contribution in [-0.4, -0.2) is 32.5 Å². The number of hydrogen-bond donors (Lipinski definition) is 1. The van der Waals surface area contributed by atoms with Gasteiger partial charge in [0.25, 0.3) is 5.91 Å². The zero-order chi connectivity index (χ0) is 16.5. The first-order valence-electron chi connectivity index (χ1n) is 8.16. The van der Waals surface area contributed by atoms with E-state index < -0.39 is 0 Å². The summed E-state index contributed by atoms with van der Waals surface area (Å²) in [6.07, 6.45) is 8.97. The molecule has 1 saturated heterocycles. The molecule has 0 saturated carbocycles. The van der Waals surface area contributed by atoms with Crippen molar-refractivity contribution in [3.8, 4) is 0 Å². The Hall–Kier alpha value is -2.60. The maximum atomic E-state index is 12.6. The Morgan fingerprint density at radius 1 is 1.42 bits per heavy atom. The number of aromatic nitrogens is 3. The van der Waals surface area contributed by atoms with E-state index in [0.717, 1.165) is 24.1 Å². The fraction of sp³-hybridized carbons (Fsp3) is 0.333. The first-order valence-corrected chi connectivity index (χ1v) is 8.16. The second-order valence-electron chi connectivity index (χ2n) is 6.25. The third kappa shape index (κ3) is 2.80. The van der Waals surface area contributed by atoms with Crippen molar-refractivity contribution in [1.29, 1.82) is 0 Å². The van der Waals surface area contributed by atoms with Gasteiger partial charge in [0.1, 0.15) is 6.10 Å². The number of pyridine rings is 1. The largest absolute Gasteiger partial charge is 0.372 e. The molecular formula is C18H20N4O2. The van der Waals surface area contributed by atoms with Crippen LogP contribution in [0.1, 0.15) is 35.0 Å². The first kappa shape index (κ1) is 15.0. The number of aryl methyl sites for hydroxylation is 1. The average molecular weight is 324 g/mol. The van der Waals surface area contributed by atoms with Crippen LogP contribution in [0.15, 0.2) is 49.2 Å². The molecule has 0 radical (unpaired) electrons. The van der Waals surface area contributed by atoms with Gasteiger partial charge in [-0.25, -0.2) is 4.98 Å². The topological polar surface area (TPSA) is 60.6 Å². The lowest BCUT2D eigenvalue weighted by atomic mass is 10.0. The smallest absolute Gasteiger partial charge is 0.253 e. The molecule has 3 aromatic rings. The monoisotopic (exact) mass is 324 g/mol. The van der Waals surface area contributed by atoms with Crippen molar-refractivity contribution in [2.24, 2.45) is 7.05 Å². The molecule has 0 unspecified atom stereocenters. The minimum Gasteiger partial charge on any atom is -0.372 e. The van der Waals surface area contributed by atoms with E-state index in [4.69, 9.17) is 4.74 Å². The van der Waals surface area contributed by atoms with Gasteiger partial charge in [0, 0.05) is 37.6 Å². The molecule has 1 aliphatic rings. The fourth-order valence-corrected chi connectivity index (χ4v) is 3.26. The van der Waals surface area contributed by atoms with E-state index in [9.17, 15) is 4.79 Å². The lowest BCUT2D eigenvalue weighted by Gasteiger charge is -2.30. The fourth-order valence-electron chi connectivity index (χ4n) is 3.26. The van der Waals surface area contributed by atoms with E-state index in [2.05, 4.69) is 10.3 Å². The van der Waals surface area contributed by atoms with Crippen molar-refractivity contribution >= 4 is 11.4 Å². The quantitative estimate of drug-likeness (QED) is 0.804. The maximum absolute atomic E-state index is 12.6. The highest BCUT2D eigenvalue weighted by molar-refractivity contribution is 5.95. The van der Waals surface area contributed by atoms with Crippen LogP contribution in [-0.2, 0) is 11.8 Å². The summed E-state index contributed by atoms with van der Waals surface area (Å²) in [5, 5.41) is 3.15. The summed E-state index contributed by atoms with van der Waals surface area (Å²) in [6.45, 7) is 0.637. The highest BCUT2D eigenvalue weighted by Crippen LogP contribution is 2.27. The van der Waals surface area contributed by atoms with Crippen LogP contribution in [0.3, 0.4) is 0 Å². The van der Waals surface area contributed by atoms with E-state index in [0.29, 0.717) is 12.2 Å². The number of hydrogen-bond acceptors (Lipinski definition) is 3. The molecule has 1 amide bonds. The highest BCUT2D eigenvalue weighted by Gasteiger charge is 2.27. The van der Waals surface area contributed by atoms with Gasteiger partial charge < -0.3 is 19.0 Å². The molecule has 6 heteroatoms. The van der Waals surface area contributed by atoms with Crippen LogP contribution in [0.5, 0.6) is 0 Å². The Morgan fingerprint density at radius 2 is 2.33 bits per heavy atom. The third-order valence-electron chi connectivity index (χ3n) is 4.57. The summed E-state index contributed by atoms with van der Waals surface area (Å²) in [5.74, 6) is -0.0330. The van der Waals surface area contributed by atoms with Crippen LogP contribution in [0.25, 0.3) is 5.52 Å². The molecule has 4 rings (SSSR count). The van der Waals surface area contributed by atoms with Crippen molar-refractivity contribution in [2.45, 2.75) is 25.0 Å². The van der Waals surface area contributed by atoms with Gasteiger partial charge in [-0.3, -0.25) is 4.79 Å². The number of fused-ring (bicyclic) bond motifs is 1. The van der Waals surface area contributed by atoms with Crippen molar-refractivity contribution in [3.63, 3.8) is 0 Å². The summed E-state index contributed by atoms with van der Waals surface area (Å²) in [6, 6.07) is 7.92. The Bertz CT molecular complexity index is 834. The minimum absolute atomic E-state index is 0.0235. The SMILES string of the molecule is Cn1cncc1[C@H]1C[C@H](NC(=O)c2cc3ccccn3c2)CCO1. The van der Waals surface area contributed by atoms with E-state index in [1.807, 2.05) is 58.9 Å². The van der Waals surface area contributed by atoms with Gasteiger partial charge in [0.2, 0.25) is 0 Å². The van der Waals surface area contributed by atoms with Crippen LogP contribution in [0, 0.1) is 0 Å². The predicted octanol–water partition coefficient (Wildman–Crippen LogP) is 2.32. The summed E-state index contributed by atoms with van der Waals surface area (Å²) in [5.41, 5.74) is 2.75. The van der Waals surface area contributed by atoms with E-state index >= 15 is 0 Å². The molecule has 0 aliphatic carbocycles. The van der Waals surface area contributed by atoms with Crippen LogP contribution < -0.4 is 5.32 Å². The first-order chi connectivity index (χ1) is 11.7. The van der Waals surface area contributed by atoms with Crippen LogP contribution >= 0.6 is 0 Å². The van der Waals surface area contributed by atoms with Gasteiger partial charge in [-0.1, -0.05) is 6.07 Å². The van der Waals surface area contributed by atoms with Gasteiger partial charge in [-0.15, -0.1) is 0 Å². The number of carbonyl (C=O) groups excluding carboxylic acids is 1. The zero-order valence-corrected chi connectivity index (χ0v) is 13.6. The number of nitrogens with one attached hydrogen (secondary N) is 1. The highest BCUT2D eigenvalue weighted by atomic mass is 16.5. The predicted molar refractivity (Wildman–Crippen MR) is 89.8 cm³/mol. The number of amides is 1. The van der Waals surface area contributed by atoms with Crippen molar-refractivity contribution in [3.05, 3.63) is 60.4 Å². The second kappa shape index (κ2) is 6.13. The molecular weight excluding hydrogens is 304 g/mol. The molecule has 24 heavy (non-hydrogen) atoms. The summed E-state index contributed by atoms with van der Waals surface area (Å²) in [7, 11) is 1.96. The zero-order valence-electron chi connectivity index (χ0n) is 13.6. The van der Waals surface area contributed by atoms with Crippen LogP contribution in [0.4, 0.5) is 0 Å². The molecule has 1 fully saturated rings. The lowest BCUT2D eigenvalue weighted by Crippen LogP contribution is -2.40. The Kier molecular flexibility index (Phi) is 3.82. The van der Waals surface area contributed by atoms with Gasteiger partial charge in [-0.05, 0) is 31.0 Å². The molecule has 124 valence electrons. The van der Waals surface area contributed by atoms with E-state index in [-0.39, 0.29) is 18.1 Å². The Balaban J connectivity index is 1.46. The number of nitrogens with zero attached hydrogens (tertiary/aromatic N) is 3. The summed E-state index contributed by atoms with van der Waals surface area (Å²) in [4.78, 5) is 16.7. The Labute approximate surface area is 140 Å². The molecule has 6 nitrogen and oxygen atoms in total. The van der Waals surface area contributed by atoms with Crippen molar-refractivity contribution in [1.82, 2.24) is 19.3 Å². The number of rotatable bonds is 3. The number of carbonyl (C=O) groups is 1. The van der Waals surface area contributed by atoms with Gasteiger partial charge in [0.05, 0.1) is 23.8 Å². The Morgan fingerprint density at radius 3 is 3.12 bits per heavy atom. The number of imidazole rings is 1. The number of ether oxygens (including phenoxy) is 1. The summed E-state index contributed by atoms with van der Waals surface area (Å²) < 4.78 is 9.78. The normalized spacial score (nSPS) is 21.0. The average Bonchev–Trinajstić information content (AvgIpc) is 3.21. The molecule has 4 heterocycles. The molecule has 0 aromatic carbocycles. The maximum Gasteiger partial charge on any atom is 0.253 e. The van der Waals surface area contributed by atoms with Crippen molar-refractivity contribution in [2.75, 3.05) is 6.61 Å². The molecule has 0 spiro atoms. The second-order valence-corrected chi connectivity index (χ2v) is 6.25. The van der Waals surface area contributed by atoms with E-state index in [1.54, 1.807) is 6.33 Å². The molecule has 1 aliphatic heterocycles. The van der Waals surface area contributed by atoms with Gasteiger partial charge in [0.15, 0.2) is 0 Å².